The highest BCUT2D eigenvalue weighted by molar-refractivity contribution is 5.95. The van der Waals surface area contributed by atoms with E-state index in [1.54, 1.807) is 9.20 Å². The normalized spacial score (nSPS) is 18.0. The van der Waals surface area contributed by atoms with E-state index in [9.17, 15) is 4.79 Å². The second-order valence-corrected chi connectivity index (χ2v) is 9.05. The van der Waals surface area contributed by atoms with Gasteiger partial charge in [-0.25, -0.2) is 0 Å². The number of nitrogens with one attached hydrogen (secondary N) is 1. The van der Waals surface area contributed by atoms with Gasteiger partial charge in [-0.2, -0.15) is 14.3 Å². The standard InChI is InChI=1S/C25H27N7O3/c1-3-34-20-12-16(8-9-19(20)35-17-6-4-5-7-17)18-13-23(33)27-25-24(18)15(2)29-32(25)22-11-10-21-28-26-14-31(21)30-22/h8-12,14,17-18H,3-7,13H2,1-2H3,(H,27,33)/t18-/m1/s1. The molecule has 1 aliphatic heterocycles. The van der Waals surface area contributed by atoms with Crippen molar-refractivity contribution in [1.29, 1.82) is 0 Å². The van der Waals surface area contributed by atoms with Gasteiger partial charge in [0.2, 0.25) is 5.91 Å². The maximum absolute atomic E-state index is 12.8. The van der Waals surface area contributed by atoms with E-state index >= 15 is 0 Å². The molecular formula is C25H27N7O3. The predicted molar refractivity (Wildman–Crippen MR) is 128 cm³/mol. The summed E-state index contributed by atoms with van der Waals surface area (Å²) in [6.45, 7) is 4.46. The maximum Gasteiger partial charge on any atom is 0.226 e. The highest BCUT2D eigenvalue weighted by Gasteiger charge is 2.33. The summed E-state index contributed by atoms with van der Waals surface area (Å²) < 4.78 is 15.5. The average molecular weight is 474 g/mol. The number of hydrogen-bond donors (Lipinski definition) is 1. The Balaban J connectivity index is 1.39. The van der Waals surface area contributed by atoms with Crippen molar-refractivity contribution in [2.45, 2.75) is 58.0 Å². The van der Waals surface area contributed by atoms with Crippen LogP contribution in [-0.4, -0.2) is 48.2 Å². The van der Waals surface area contributed by atoms with E-state index in [-0.39, 0.29) is 17.9 Å². The Labute approximate surface area is 202 Å². The van der Waals surface area contributed by atoms with E-state index in [0.29, 0.717) is 36.1 Å². The molecule has 0 bridgehead atoms. The van der Waals surface area contributed by atoms with Gasteiger partial charge in [-0.1, -0.05) is 6.07 Å². The Morgan fingerprint density at radius 3 is 2.80 bits per heavy atom. The molecular weight excluding hydrogens is 446 g/mol. The molecule has 1 fully saturated rings. The smallest absolute Gasteiger partial charge is 0.226 e. The molecule has 3 aromatic heterocycles. The fourth-order valence-electron chi connectivity index (χ4n) is 5.12. The Kier molecular flexibility index (Phi) is 5.35. The van der Waals surface area contributed by atoms with Gasteiger partial charge in [0.25, 0.3) is 0 Å². The van der Waals surface area contributed by atoms with Crippen LogP contribution in [-0.2, 0) is 4.79 Å². The van der Waals surface area contributed by atoms with Crippen molar-refractivity contribution in [3.8, 4) is 17.3 Å². The lowest BCUT2D eigenvalue weighted by molar-refractivity contribution is -0.116. The number of nitrogens with zero attached hydrogens (tertiary/aromatic N) is 6. The van der Waals surface area contributed by atoms with Crippen molar-refractivity contribution in [2.75, 3.05) is 11.9 Å². The first-order valence-electron chi connectivity index (χ1n) is 12.1. The van der Waals surface area contributed by atoms with E-state index in [1.165, 1.54) is 19.2 Å². The summed E-state index contributed by atoms with van der Waals surface area (Å²) in [4.78, 5) is 12.8. The van der Waals surface area contributed by atoms with Crippen LogP contribution in [0, 0.1) is 6.92 Å². The third-order valence-electron chi connectivity index (χ3n) is 6.73. The van der Waals surface area contributed by atoms with E-state index in [4.69, 9.17) is 14.6 Å². The van der Waals surface area contributed by atoms with Gasteiger partial charge in [-0.3, -0.25) is 4.79 Å². The van der Waals surface area contributed by atoms with Crippen LogP contribution in [0.5, 0.6) is 11.5 Å². The Morgan fingerprint density at radius 1 is 1.11 bits per heavy atom. The molecule has 6 rings (SSSR count). The van der Waals surface area contributed by atoms with Gasteiger partial charge in [-0.05, 0) is 69.4 Å². The maximum atomic E-state index is 12.8. The highest BCUT2D eigenvalue weighted by atomic mass is 16.5. The van der Waals surface area contributed by atoms with Gasteiger partial charge in [0.15, 0.2) is 23.0 Å². The van der Waals surface area contributed by atoms with Crippen LogP contribution in [0.3, 0.4) is 0 Å². The minimum Gasteiger partial charge on any atom is -0.490 e. The number of fused-ring (bicyclic) bond motifs is 2. The number of carbonyl (C=O) groups excluding carboxylic acids is 1. The molecule has 0 unspecified atom stereocenters. The zero-order chi connectivity index (χ0) is 23.9. The number of benzene rings is 1. The molecule has 35 heavy (non-hydrogen) atoms. The van der Waals surface area contributed by atoms with Crippen LogP contribution < -0.4 is 14.8 Å². The molecule has 1 saturated carbocycles. The number of rotatable bonds is 6. The molecule has 180 valence electrons. The highest BCUT2D eigenvalue weighted by Crippen LogP contribution is 2.43. The summed E-state index contributed by atoms with van der Waals surface area (Å²) in [5, 5.41) is 20.2. The monoisotopic (exact) mass is 473 g/mol. The first-order valence-corrected chi connectivity index (χ1v) is 12.1. The number of carbonyl (C=O) groups is 1. The summed E-state index contributed by atoms with van der Waals surface area (Å²) in [6.07, 6.45) is 6.66. The predicted octanol–water partition coefficient (Wildman–Crippen LogP) is 3.81. The summed E-state index contributed by atoms with van der Waals surface area (Å²) in [7, 11) is 0. The summed E-state index contributed by atoms with van der Waals surface area (Å²) in [5.74, 6) is 2.45. The fraction of sp³-hybridized carbons (Fsp3) is 0.400. The van der Waals surface area contributed by atoms with Crippen LogP contribution in [0.15, 0.2) is 36.7 Å². The zero-order valence-electron chi connectivity index (χ0n) is 19.8. The number of anilines is 1. The fourth-order valence-corrected chi connectivity index (χ4v) is 5.12. The molecule has 1 aromatic carbocycles. The molecule has 1 N–H and O–H groups in total. The average Bonchev–Trinajstić information content (AvgIpc) is 3.60. The number of aryl methyl sites for hydroxylation is 1. The number of aromatic nitrogens is 6. The summed E-state index contributed by atoms with van der Waals surface area (Å²) >= 11 is 0. The molecule has 1 aliphatic carbocycles. The lowest BCUT2D eigenvalue weighted by atomic mass is 9.85. The third kappa shape index (κ3) is 3.88. The molecule has 2 aliphatic rings. The van der Waals surface area contributed by atoms with Gasteiger partial charge in [0.1, 0.15) is 12.1 Å². The zero-order valence-corrected chi connectivity index (χ0v) is 19.8. The number of amides is 1. The van der Waals surface area contributed by atoms with Crippen molar-refractivity contribution in [3.63, 3.8) is 0 Å². The van der Waals surface area contributed by atoms with Crippen molar-refractivity contribution in [1.82, 2.24) is 29.6 Å². The first kappa shape index (κ1) is 21.6. The lowest BCUT2D eigenvalue weighted by Gasteiger charge is -2.25. The first-order chi connectivity index (χ1) is 17.1. The number of hydrogen-bond acceptors (Lipinski definition) is 7. The van der Waals surface area contributed by atoms with Crippen LogP contribution in [0.25, 0.3) is 11.5 Å². The molecule has 4 aromatic rings. The van der Waals surface area contributed by atoms with Crippen molar-refractivity contribution >= 4 is 17.4 Å². The summed E-state index contributed by atoms with van der Waals surface area (Å²) in [5.41, 5.74) is 3.44. The van der Waals surface area contributed by atoms with E-state index < -0.39 is 0 Å². The number of ether oxygens (including phenoxy) is 2. The minimum absolute atomic E-state index is 0.0710. The van der Waals surface area contributed by atoms with Crippen molar-refractivity contribution in [2.24, 2.45) is 0 Å². The van der Waals surface area contributed by atoms with Gasteiger partial charge < -0.3 is 14.8 Å². The SMILES string of the molecule is CCOc1cc([C@H]2CC(=O)Nc3c2c(C)nn3-c2ccc3nncn3n2)ccc1OC1CCCC1. The van der Waals surface area contributed by atoms with Gasteiger partial charge >= 0.3 is 0 Å². The molecule has 1 atom stereocenters. The quantitative estimate of drug-likeness (QED) is 0.454. The molecule has 0 spiro atoms. The second-order valence-electron chi connectivity index (χ2n) is 9.05. The van der Waals surface area contributed by atoms with Crippen LogP contribution >= 0.6 is 0 Å². The summed E-state index contributed by atoms with van der Waals surface area (Å²) in [6, 6.07) is 9.66. The Hall–Kier alpha value is -3.95. The third-order valence-corrected chi connectivity index (χ3v) is 6.73. The van der Waals surface area contributed by atoms with E-state index in [2.05, 4.69) is 20.6 Å². The molecule has 1 amide bonds. The van der Waals surface area contributed by atoms with Crippen LogP contribution in [0.2, 0.25) is 0 Å². The molecule has 4 heterocycles. The van der Waals surface area contributed by atoms with Gasteiger partial charge in [0.05, 0.1) is 18.4 Å². The van der Waals surface area contributed by atoms with Crippen molar-refractivity contribution < 1.29 is 14.3 Å². The minimum atomic E-state index is -0.161. The van der Waals surface area contributed by atoms with Crippen molar-refractivity contribution in [3.05, 3.63) is 53.5 Å². The van der Waals surface area contributed by atoms with E-state index in [1.807, 2.05) is 44.2 Å². The van der Waals surface area contributed by atoms with Gasteiger partial charge in [0, 0.05) is 17.9 Å². The molecule has 0 radical (unpaired) electrons. The molecule has 0 saturated heterocycles. The second kappa shape index (κ2) is 8.68. The largest absolute Gasteiger partial charge is 0.490 e. The van der Waals surface area contributed by atoms with Crippen LogP contribution in [0.4, 0.5) is 5.82 Å². The lowest BCUT2D eigenvalue weighted by Crippen LogP contribution is -2.25. The Morgan fingerprint density at radius 2 is 1.97 bits per heavy atom. The topological polar surface area (TPSA) is 108 Å². The van der Waals surface area contributed by atoms with Gasteiger partial charge in [-0.15, -0.1) is 15.3 Å². The molecule has 10 heteroatoms. The Bertz CT molecular complexity index is 1400. The molecule has 10 nitrogen and oxygen atoms in total. The van der Waals surface area contributed by atoms with Crippen LogP contribution in [0.1, 0.15) is 61.8 Å². The van der Waals surface area contributed by atoms with E-state index in [0.717, 1.165) is 35.4 Å².